The Morgan fingerprint density at radius 1 is 1.25 bits per heavy atom. The van der Waals surface area contributed by atoms with Crippen LogP contribution in [0.4, 0.5) is 4.39 Å². The van der Waals surface area contributed by atoms with Crippen LogP contribution in [-0.4, -0.2) is 19.5 Å². The van der Waals surface area contributed by atoms with E-state index in [-0.39, 0.29) is 18.8 Å². The number of thioether (sulfide) groups is 1. The normalized spacial score (nSPS) is 11.5. The van der Waals surface area contributed by atoms with Crippen molar-refractivity contribution in [2.24, 2.45) is 0 Å². The number of hydrogen-bond donors (Lipinski definition) is 0. The van der Waals surface area contributed by atoms with Gasteiger partial charge in [0.1, 0.15) is 11.6 Å². The van der Waals surface area contributed by atoms with Crippen LogP contribution in [0.1, 0.15) is 19.4 Å². The second-order valence-electron chi connectivity index (χ2n) is 4.66. The molecule has 0 amide bonds. The number of fused-ring (bicyclic) bond motifs is 1. The van der Waals surface area contributed by atoms with Gasteiger partial charge in [0.25, 0.3) is 0 Å². The van der Waals surface area contributed by atoms with E-state index in [0.717, 1.165) is 4.90 Å². The molecule has 0 bridgehead atoms. The van der Waals surface area contributed by atoms with E-state index in [1.165, 1.54) is 17.8 Å². The summed E-state index contributed by atoms with van der Waals surface area (Å²) in [6, 6.07) is 6.19. The SMILES string of the molecule is C#Cc1c(F)ccc2cc(OP(=O)(OCC)OCC)cc(SC)c12. The van der Waals surface area contributed by atoms with Gasteiger partial charge in [0.05, 0.1) is 18.8 Å². The molecule has 7 heteroatoms. The van der Waals surface area contributed by atoms with Crippen LogP contribution < -0.4 is 4.52 Å². The Balaban J connectivity index is 2.56. The summed E-state index contributed by atoms with van der Waals surface area (Å²) < 4.78 is 42.2. The molecule has 0 spiro atoms. The second-order valence-corrected chi connectivity index (χ2v) is 7.11. The van der Waals surface area contributed by atoms with Gasteiger partial charge in [-0.15, -0.1) is 18.2 Å². The molecule has 2 aromatic carbocycles. The Morgan fingerprint density at radius 2 is 1.92 bits per heavy atom. The summed E-state index contributed by atoms with van der Waals surface area (Å²) in [5.41, 5.74) is 0.196. The Morgan fingerprint density at radius 3 is 2.46 bits per heavy atom. The zero-order valence-corrected chi connectivity index (χ0v) is 15.4. The summed E-state index contributed by atoms with van der Waals surface area (Å²) in [4.78, 5) is 0.717. The van der Waals surface area contributed by atoms with Gasteiger partial charge in [-0.1, -0.05) is 12.0 Å². The van der Waals surface area contributed by atoms with Gasteiger partial charge in [-0.05, 0) is 43.7 Å². The van der Waals surface area contributed by atoms with E-state index < -0.39 is 13.6 Å². The monoisotopic (exact) mass is 368 g/mol. The van der Waals surface area contributed by atoms with E-state index in [9.17, 15) is 8.96 Å². The maximum atomic E-state index is 13.9. The zero-order chi connectivity index (χ0) is 17.7. The third-order valence-corrected chi connectivity index (χ3v) is 5.51. The summed E-state index contributed by atoms with van der Waals surface area (Å²) in [7, 11) is -3.70. The van der Waals surface area contributed by atoms with E-state index >= 15 is 0 Å². The molecule has 0 aliphatic carbocycles. The molecule has 24 heavy (non-hydrogen) atoms. The van der Waals surface area contributed by atoms with Gasteiger partial charge in [0, 0.05) is 10.3 Å². The Labute approximate surface area is 145 Å². The fraction of sp³-hybridized carbons (Fsp3) is 0.294. The lowest BCUT2D eigenvalue weighted by Crippen LogP contribution is -2.02. The number of hydrogen-bond acceptors (Lipinski definition) is 5. The third-order valence-electron chi connectivity index (χ3n) is 3.16. The number of benzene rings is 2. The lowest BCUT2D eigenvalue weighted by Gasteiger charge is -2.18. The van der Waals surface area contributed by atoms with Gasteiger partial charge in [-0.3, -0.25) is 9.05 Å². The largest absolute Gasteiger partial charge is 0.530 e. The first kappa shape index (κ1) is 18.8. The average molecular weight is 368 g/mol. The number of phosphoric acid groups is 1. The molecule has 2 rings (SSSR count). The van der Waals surface area contributed by atoms with Crippen molar-refractivity contribution >= 4 is 30.4 Å². The molecule has 0 aliphatic heterocycles. The van der Waals surface area contributed by atoms with E-state index in [2.05, 4.69) is 5.92 Å². The van der Waals surface area contributed by atoms with E-state index in [0.29, 0.717) is 16.5 Å². The van der Waals surface area contributed by atoms with Crippen LogP contribution in [0.25, 0.3) is 10.8 Å². The smallest absolute Gasteiger partial charge is 0.404 e. The summed E-state index contributed by atoms with van der Waals surface area (Å²) in [6.07, 6.45) is 7.29. The maximum Gasteiger partial charge on any atom is 0.530 e. The van der Waals surface area contributed by atoms with Crippen molar-refractivity contribution in [2.75, 3.05) is 19.5 Å². The highest BCUT2D eigenvalue weighted by atomic mass is 32.2. The van der Waals surface area contributed by atoms with E-state index in [1.807, 2.05) is 6.26 Å². The summed E-state index contributed by atoms with van der Waals surface area (Å²) >= 11 is 1.39. The third kappa shape index (κ3) is 3.93. The molecule has 0 N–H and O–H groups in total. The fourth-order valence-electron chi connectivity index (χ4n) is 2.27. The Kier molecular flexibility index (Phi) is 6.31. The molecule has 4 nitrogen and oxygen atoms in total. The molecular formula is C17H18FO4PS. The van der Waals surface area contributed by atoms with E-state index in [4.69, 9.17) is 20.0 Å². The van der Waals surface area contributed by atoms with Crippen LogP contribution in [0.5, 0.6) is 5.75 Å². The predicted molar refractivity (Wildman–Crippen MR) is 95.1 cm³/mol. The first-order chi connectivity index (χ1) is 11.5. The van der Waals surface area contributed by atoms with Gasteiger partial charge >= 0.3 is 7.82 Å². The standard InChI is InChI=1S/C17H18FO4PS/c1-5-14-15(18)9-8-12-10-13(11-16(24-4)17(12)14)22-23(19,20-6-2)21-7-3/h1,8-11H,6-7H2,2-4H3. The quantitative estimate of drug-likeness (QED) is 0.380. The Hall–Kier alpha value is -1.51. The Bertz CT molecular complexity index is 821. The molecule has 0 unspecified atom stereocenters. The van der Waals surface area contributed by atoms with Gasteiger partial charge in [0.15, 0.2) is 0 Å². The first-order valence-corrected chi connectivity index (χ1v) is 10.0. The maximum absolute atomic E-state index is 13.9. The summed E-state index contributed by atoms with van der Waals surface area (Å²) in [6.45, 7) is 3.77. The summed E-state index contributed by atoms with van der Waals surface area (Å²) in [5.74, 6) is 2.24. The minimum Gasteiger partial charge on any atom is -0.404 e. The molecule has 0 saturated heterocycles. The number of phosphoric ester groups is 1. The van der Waals surface area contributed by atoms with Crippen LogP contribution >= 0.6 is 19.6 Å². The van der Waals surface area contributed by atoms with Gasteiger partial charge in [-0.2, -0.15) is 0 Å². The highest BCUT2D eigenvalue weighted by Crippen LogP contribution is 2.50. The number of terminal acetylenes is 1. The molecule has 128 valence electrons. The van der Waals surface area contributed by atoms with Crippen molar-refractivity contribution in [3.63, 3.8) is 0 Å². The molecule has 2 aromatic rings. The minimum absolute atomic E-state index is 0.187. The van der Waals surface area contributed by atoms with Gasteiger partial charge in [-0.25, -0.2) is 8.96 Å². The number of halogens is 1. The first-order valence-electron chi connectivity index (χ1n) is 7.33. The molecule has 0 aliphatic rings. The van der Waals surface area contributed by atoms with Crippen LogP contribution in [0, 0.1) is 18.2 Å². The van der Waals surface area contributed by atoms with Gasteiger partial charge < -0.3 is 4.52 Å². The molecule has 0 fully saturated rings. The highest BCUT2D eigenvalue weighted by Gasteiger charge is 2.28. The highest BCUT2D eigenvalue weighted by molar-refractivity contribution is 7.98. The van der Waals surface area contributed by atoms with Crippen LogP contribution in [0.3, 0.4) is 0 Å². The molecule has 0 heterocycles. The van der Waals surface area contributed by atoms with Crippen molar-refractivity contribution in [3.8, 4) is 18.1 Å². The minimum atomic E-state index is -3.70. The van der Waals surface area contributed by atoms with E-state index in [1.54, 1.807) is 32.0 Å². The zero-order valence-electron chi connectivity index (χ0n) is 13.7. The van der Waals surface area contributed by atoms with Crippen molar-refractivity contribution in [1.29, 1.82) is 0 Å². The van der Waals surface area contributed by atoms with Crippen LogP contribution in [0.2, 0.25) is 0 Å². The van der Waals surface area contributed by atoms with Crippen LogP contribution in [-0.2, 0) is 13.6 Å². The summed E-state index contributed by atoms with van der Waals surface area (Å²) in [5, 5.41) is 1.31. The van der Waals surface area contributed by atoms with Crippen molar-refractivity contribution in [2.45, 2.75) is 18.7 Å². The van der Waals surface area contributed by atoms with Crippen molar-refractivity contribution in [1.82, 2.24) is 0 Å². The molecule has 0 radical (unpaired) electrons. The number of rotatable bonds is 7. The van der Waals surface area contributed by atoms with Gasteiger partial charge in [0.2, 0.25) is 0 Å². The molecular weight excluding hydrogens is 350 g/mol. The fourth-order valence-corrected chi connectivity index (χ4v) is 4.10. The predicted octanol–water partition coefficient (Wildman–Crippen LogP) is 5.24. The second kappa shape index (κ2) is 8.04. The van der Waals surface area contributed by atoms with Crippen molar-refractivity contribution < 1.29 is 22.5 Å². The van der Waals surface area contributed by atoms with Crippen molar-refractivity contribution in [3.05, 3.63) is 35.6 Å². The molecule has 0 aromatic heterocycles. The molecule has 0 saturated carbocycles. The van der Waals surface area contributed by atoms with Crippen LogP contribution in [0.15, 0.2) is 29.2 Å². The average Bonchev–Trinajstić information content (AvgIpc) is 2.54. The lowest BCUT2D eigenvalue weighted by atomic mass is 10.0. The molecule has 0 atom stereocenters. The topological polar surface area (TPSA) is 44.8 Å². The lowest BCUT2D eigenvalue weighted by molar-refractivity contribution is 0.167.